The number of amides is 3. The fourth-order valence-electron chi connectivity index (χ4n) is 3.07. The van der Waals surface area contributed by atoms with Gasteiger partial charge in [-0.05, 0) is 24.6 Å². The van der Waals surface area contributed by atoms with E-state index in [9.17, 15) is 29.3 Å². The molecule has 3 amide bonds. The van der Waals surface area contributed by atoms with Gasteiger partial charge in [-0.3, -0.25) is 29.3 Å². The number of piperidine rings is 1. The van der Waals surface area contributed by atoms with E-state index >= 15 is 0 Å². The molecule has 11 heteroatoms. The minimum absolute atomic E-state index is 0.0227. The van der Waals surface area contributed by atoms with Crippen molar-refractivity contribution in [2.75, 3.05) is 6.54 Å². The second-order valence-corrected chi connectivity index (χ2v) is 7.51. The van der Waals surface area contributed by atoms with Crippen LogP contribution in [0, 0.1) is 10.1 Å². The van der Waals surface area contributed by atoms with Crippen molar-refractivity contribution in [2.24, 2.45) is 0 Å². The molecular weight excluding hydrogens is 449 g/mol. The third-order valence-electron chi connectivity index (χ3n) is 4.56. The van der Waals surface area contributed by atoms with Gasteiger partial charge in [0.2, 0.25) is 11.8 Å². The number of Topliss-reactive ketones (excluding diaryl/α,β-unsaturated/α-hetero) is 1. The Labute approximate surface area is 186 Å². The fourth-order valence-corrected chi connectivity index (χ4v) is 3.56. The lowest BCUT2D eigenvalue weighted by atomic mass is 10.1. The highest BCUT2D eigenvalue weighted by molar-refractivity contribution is 6.36. The van der Waals surface area contributed by atoms with Crippen molar-refractivity contribution in [3.63, 3.8) is 0 Å². The van der Waals surface area contributed by atoms with Crippen LogP contribution in [-0.4, -0.2) is 45.0 Å². The average Bonchev–Trinajstić information content (AvgIpc) is 2.72. The topological polar surface area (TPSA) is 118 Å². The first-order valence-corrected chi connectivity index (χ1v) is 9.85. The summed E-state index contributed by atoms with van der Waals surface area (Å²) in [5.74, 6) is -2.83. The van der Waals surface area contributed by atoms with Crippen LogP contribution >= 0.6 is 23.2 Å². The van der Waals surface area contributed by atoms with Crippen LogP contribution < -0.4 is 0 Å². The lowest BCUT2D eigenvalue weighted by Gasteiger charge is -2.35. The van der Waals surface area contributed by atoms with E-state index in [4.69, 9.17) is 23.2 Å². The van der Waals surface area contributed by atoms with Crippen molar-refractivity contribution in [3.05, 3.63) is 73.8 Å². The Kier molecular flexibility index (Phi) is 6.67. The Morgan fingerprint density at radius 3 is 2.35 bits per heavy atom. The molecule has 0 unspecified atom stereocenters. The normalized spacial score (nSPS) is 13.8. The van der Waals surface area contributed by atoms with Crippen LogP contribution in [-0.2, 0) is 9.59 Å². The van der Waals surface area contributed by atoms with Gasteiger partial charge in [0, 0.05) is 35.6 Å². The quantitative estimate of drug-likeness (QED) is 0.279. The molecule has 0 radical (unpaired) electrons. The van der Waals surface area contributed by atoms with Gasteiger partial charge in [0.25, 0.3) is 11.6 Å². The minimum atomic E-state index is -0.857. The number of nitro groups is 1. The number of carbonyl (C=O) groups is 4. The molecule has 1 heterocycles. The zero-order valence-electron chi connectivity index (χ0n) is 15.9. The van der Waals surface area contributed by atoms with Gasteiger partial charge in [-0.25, -0.2) is 5.01 Å². The molecule has 0 bridgehead atoms. The molecule has 0 atom stereocenters. The van der Waals surface area contributed by atoms with Crippen LogP contribution in [0.4, 0.5) is 5.69 Å². The second-order valence-electron chi connectivity index (χ2n) is 6.67. The number of hydrogen-bond acceptors (Lipinski definition) is 6. The maximum Gasteiger partial charge on any atom is 0.274 e. The molecule has 31 heavy (non-hydrogen) atoms. The van der Waals surface area contributed by atoms with Crippen molar-refractivity contribution in [1.29, 1.82) is 0 Å². The summed E-state index contributed by atoms with van der Waals surface area (Å²) in [6, 6.07) is 8.97. The number of halogens is 2. The van der Waals surface area contributed by atoms with Gasteiger partial charge in [0.05, 0.1) is 15.5 Å². The number of nitrogens with zero attached hydrogens (tertiary/aromatic N) is 3. The third-order valence-corrected chi connectivity index (χ3v) is 5.11. The Hall–Kier alpha value is -3.30. The number of ketones is 1. The summed E-state index contributed by atoms with van der Waals surface area (Å²) in [5.41, 5.74) is -0.426. The van der Waals surface area contributed by atoms with E-state index < -0.39 is 35.0 Å². The van der Waals surface area contributed by atoms with Gasteiger partial charge >= 0.3 is 0 Å². The third kappa shape index (κ3) is 4.89. The van der Waals surface area contributed by atoms with Gasteiger partial charge in [0.15, 0.2) is 5.78 Å². The number of non-ortho nitro benzene ring substituents is 1. The summed E-state index contributed by atoms with van der Waals surface area (Å²) in [6.45, 7) is -0.698. The lowest BCUT2D eigenvalue weighted by molar-refractivity contribution is -0.384. The molecule has 2 aromatic carbocycles. The average molecular weight is 464 g/mol. The first-order chi connectivity index (χ1) is 14.7. The van der Waals surface area contributed by atoms with E-state index in [0.29, 0.717) is 11.4 Å². The van der Waals surface area contributed by atoms with E-state index in [-0.39, 0.29) is 39.7 Å². The van der Waals surface area contributed by atoms with E-state index in [2.05, 4.69) is 0 Å². The number of hydrazine groups is 1. The van der Waals surface area contributed by atoms with Crippen LogP contribution in [0.25, 0.3) is 0 Å². The number of imide groups is 1. The summed E-state index contributed by atoms with van der Waals surface area (Å²) in [7, 11) is 0. The predicted octanol–water partition coefficient (Wildman–Crippen LogP) is 3.68. The summed E-state index contributed by atoms with van der Waals surface area (Å²) in [5, 5.41) is 12.6. The van der Waals surface area contributed by atoms with Crippen molar-refractivity contribution in [3.8, 4) is 0 Å². The summed E-state index contributed by atoms with van der Waals surface area (Å²) in [4.78, 5) is 61.3. The van der Waals surface area contributed by atoms with E-state index in [0.717, 1.165) is 11.1 Å². The van der Waals surface area contributed by atoms with Crippen molar-refractivity contribution < 1.29 is 24.1 Å². The number of benzene rings is 2. The van der Waals surface area contributed by atoms with Gasteiger partial charge in [0.1, 0.15) is 6.54 Å². The van der Waals surface area contributed by atoms with Gasteiger partial charge in [-0.2, -0.15) is 5.01 Å². The standard InChI is InChI=1S/C20H15Cl2N3O6/c21-13-7-8-15(16(22)10-13)20(29)23(24-18(27)5-2-6-19(24)28)11-17(26)12-3-1-4-14(9-12)25(30)31/h1,3-4,7-10H,2,5-6,11H2. The van der Waals surface area contributed by atoms with Crippen LogP contribution in [0.15, 0.2) is 42.5 Å². The molecule has 9 nitrogen and oxygen atoms in total. The Morgan fingerprint density at radius 1 is 1.06 bits per heavy atom. The molecule has 0 aliphatic carbocycles. The van der Waals surface area contributed by atoms with Gasteiger partial charge in [-0.1, -0.05) is 35.3 Å². The Bertz CT molecular complexity index is 1090. The molecular formula is C20H15Cl2N3O6. The highest BCUT2D eigenvalue weighted by Crippen LogP contribution is 2.25. The molecule has 0 saturated carbocycles. The van der Waals surface area contributed by atoms with Crippen LogP contribution in [0.1, 0.15) is 40.0 Å². The monoisotopic (exact) mass is 463 g/mol. The highest BCUT2D eigenvalue weighted by Gasteiger charge is 2.36. The molecule has 2 aromatic rings. The minimum Gasteiger partial charge on any atom is -0.292 e. The number of carbonyl (C=O) groups excluding carboxylic acids is 4. The molecule has 3 rings (SSSR count). The SMILES string of the molecule is O=C(CN(C(=O)c1ccc(Cl)cc1Cl)N1C(=O)CCCC1=O)c1cccc([N+](=O)[O-])c1. The molecule has 1 aliphatic rings. The second kappa shape index (κ2) is 9.23. The first-order valence-electron chi connectivity index (χ1n) is 9.09. The molecule has 0 N–H and O–H groups in total. The number of nitro benzene ring substituents is 1. The van der Waals surface area contributed by atoms with Crippen molar-refractivity contribution in [1.82, 2.24) is 10.0 Å². The van der Waals surface area contributed by atoms with E-state index in [1.54, 1.807) is 0 Å². The maximum atomic E-state index is 13.2. The lowest BCUT2D eigenvalue weighted by Crippen LogP contribution is -2.56. The highest BCUT2D eigenvalue weighted by atomic mass is 35.5. The van der Waals surface area contributed by atoms with Crippen LogP contribution in [0.2, 0.25) is 10.0 Å². The molecule has 1 aliphatic heterocycles. The Morgan fingerprint density at radius 2 is 1.74 bits per heavy atom. The van der Waals surface area contributed by atoms with E-state index in [1.807, 2.05) is 0 Å². The van der Waals surface area contributed by atoms with E-state index in [1.165, 1.54) is 36.4 Å². The maximum absolute atomic E-state index is 13.2. The zero-order chi connectivity index (χ0) is 22.7. The molecule has 0 aromatic heterocycles. The molecule has 0 spiro atoms. The van der Waals surface area contributed by atoms with Gasteiger partial charge in [-0.15, -0.1) is 0 Å². The summed E-state index contributed by atoms with van der Waals surface area (Å²) < 4.78 is 0. The van der Waals surface area contributed by atoms with Crippen LogP contribution in [0.3, 0.4) is 0 Å². The summed E-state index contributed by atoms with van der Waals surface area (Å²) >= 11 is 12.0. The van der Waals surface area contributed by atoms with Gasteiger partial charge < -0.3 is 0 Å². The molecule has 1 saturated heterocycles. The number of rotatable bonds is 6. The summed E-state index contributed by atoms with van der Waals surface area (Å²) in [6.07, 6.45) is 0.375. The molecule has 1 fully saturated rings. The fraction of sp³-hybridized carbons (Fsp3) is 0.200. The van der Waals surface area contributed by atoms with Crippen molar-refractivity contribution in [2.45, 2.75) is 19.3 Å². The Balaban J connectivity index is 1.99. The largest absolute Gasteiger partial charge is 0.292 e. The predicted molar refractivity (Wildman–Crippen MR) is 111 cm³/mol. The first kappa shape index (κ1) is 22.4. The molecule has 160 valence electrons. The van der Waals surface area contributed by atoms with Crippen molar-refractivity contribution >= 4 is 52.4 Å². The smallest absolute Gasteiger partial charge is 0.274 e. The van der Waals surface area contributed by atoms with Crippen LogP contribution in [0.5, 0.6) is 0 Å². The number of hydrogen-bond donors (Lipinski definition) is 0. The zero-order valence-corrected chi connectivity index (χ0v) is 17.4.